The van der Waals surface area contributed by atoms with E-state index in [-0.39, 0.29) is 0 Å². The first-order chi connectivity index (χ1) is 14.9. The van der Waals surface area contributed by atoms with Gasteiger partial charge in [0.15, 0.2) is 0 Å². The minimum Gasteiger partial charge on any atom is -0.297 e. The van der Waals surface area contributed by atoms with E-state index in [1.165, 1.54) is 27.5 Å². The van der Waals surface area contributed by atoms with Gasteiger partial charge in [0.1, 0.15) is 0 Å². The van der Waals surface area contributed by atoms with E-state index in [2.05, 4.69) is 113 Å². The number of fused-ring (bicyclic) bond motifs is 1. The maximum atomic E-state index is 2.64. The van der Waals surface area contributed by atoms with Crippen LogP contribution >= 0.6 is 0 Å². The smallest absolute Gasteiger partial charge is 0.0602 e. The van der Waals surface area contributed by atoms with Crippen LogP contribution in [0.2, 0.25) is 0 Å². The van der Waals surface area contributed by atoms with E-state index >= 15 is 0 Å². The molecule has 0 aliphatic carbocycles. The maximum absolute atomic E-state index is 2.64. The Morgan fingerprint density at radius 2 is 1.13 bits per heavy atom. The fourth-order valence-electron chi connectivity index (χ4n) is 4.74. The molecule has 1 heterocycles. The van der Waals surface area contributed by atoms with E-state index in [9.17, 15) is 0 Å². The zero-order valence-electron chi connectivity index (χ0n) is 17.3. The van der Waals surface area contributed by atoms with E-state index in [1.807, 2.05) is 0 Å². The normalized spacial score (nSPS) is 15.6. The van der Waals surface area contributed by atoms with Crippen LogP contribution in [0.25, 0.3) is 10.8 Å². The molecule has 0 bridgehead atoms. The summed E-state index contributed by atoms with van der Waals surface area (Å²) in [6.45, 7) is 5.38. The molecule has 0 N–H and O–H groups in total. The van der Waals surface area contributed by atoms with Crippen molar-refractivity contribution < 1.29 is 0 Å². The topological polar surface area (TPSA) is 6.48 Å². The van der Waals surface area contributed by atoms with Gasteiger partial charge < -0.3 is 0 Å². The lowest BCUT2D eigenvalue weighted by Crippen LogP contribution is -2.47. The molecule has 1 aliphatic heterocycles. The summed E-state index contributed by atoms with van der Waals surface area (Å²) >= 11 is 0. The van der Waals surface area contributed by atoms with Crippen LogP contribution in [-0.2, 0) is 6.54 Å². The lowest BCUT2D eigenvalue weighted by atomic mass is 9.96. The summed E-state index contributed by atoms with van der Waals surface area (Å²) in [4.78, 5) is 5.25. The van der Waals surface area contributed by atoms with Gasteiger partial charge in [-0.15, -0.1) is 0 Å². The summed E-state index contributed by atoms with van der Waals surface area (Å²) in [6.07, 6.45) is 0. The van der Waals surface area contributed by atoms with Gasteiger partial charge in [-0.05, 0) is 27.5 Å². The van der Waals surface area contributed by atoms with Crippen molar-refractivity contribution in [3.8, 4) is 0 Å². The fourth-order valence-corrected chi connectivity index (χ4v) is 4.74. The lowest BCUT2D eigenvalue weighted by Gasteiger charge is -2.40. The van der Waals surface area contributed by atoms with Gasteiger partial charge >= 0.3 is 0 Å². The summed E-state index contributed by atoms with van der Waals surface area (Å²) in [5.41, 5.74) is 4.20. The van der Waals surface area contributed by atoms with Crippen molar-refractivity contribution in [3.05, 3.63) is 120 Å². The van der Waals surface area contributed by atoms with Gasteiger partial charge in [-0.25, -0.2) is 0 Å². The number of benzene rings is 4. The zero-order valence-corrected chi connectivity index (χ0v) is 17.3. The van der Waals surface area contributed by atoms with E-state index in [0.717, 1.165) is 32.7 Å². The molecule has 0 saturated carbocycles. The molecule has 1 aliphatic rings. The Morgan fingerprint density at radius 1 is 0.567 bits per heavy atom. The Labute approximate surface area is 179 Å². The van der Waals surface area contributed by atoms with E-state index in [4.69, 9.17) is 0 Å². The van der Waals surface area contributed by atoms with Crippen LogP contribution in [0, 0.1) is 0 Å². The second-order valence-corrected chi connectivity index (χ2v) is 8.17. The van der Waals surface area contributed by atoms with Gasteiger partial charge in [0.05, 0.1) is 6.04 Å². The SMILES string of the molecule is c1ccc(C(c2ccccc2)N2CCN(Cc3cccc4ccccc34)CC2)cc1. The van der Waals surface area contributed by atoms with Crippen LogP contribution in [0.5, 0.6) is 0 Å². The monoisotopic (exact) mass is 392 g/mol. The number of hydrogen-bond acceptors (Lipinski definition) is 2. The first-order valence-electron chi connectivity index (χ1n) is 10.9. The molecule has 1 fully saturated rings. The van der Waals surface area contributed by atoms with Crippen LogP contribution in [0.1, 0.15) is 22.7 Å². The van der Waals surface area contributed by atoms with Crippen molar-refractivity contribution in [1.29, 1.82) is 0 Å². The highest BCUT2D eigenvalue weighted by Crippen LogP contribution is 2.30. The first kappa shape index (κ1) is 19.0. The second-order valence-electron chi connectivity index (χ2n) is 8.17. The Bertz CT molecular complexity index is 1040. The van der Waals surface area contributed by atoms with Gasteiger partial charge in [-0.2, -0.15) is 0 Å². The summed E-state index contributed by atoms with van der Waals surface area (Å²) in [6, 6.07) is 37.6. The highest BCUT2D eigenvalue weighted by molar-refractivity contribution is 5.85. The molecule has 0 unspecified atom stereocenters. The van der Waals surface area contributed by atoms with Crippen LogP contribution in [0.3, 0.4) is 0 Å². The molecule has 4 aromatic rings. The molecule has 4 aromatic carbocycles. The third kappa shape index (κ3) is 4.02. The van der Waals surface area contributed by atoms with Crippen molar-refractivity contribution in [1.82, 2.24) is 9.80 Å². The molecule has 0 atom stereocenters. The third-order valence-electron chi connectivity index (χ3n) is 6.28. The van der Waals surface area contributed by atoms with Crippen molar-refractivity contribution >= 4 is 10.8 Å². The molecule has 0 amide bonds. The largest absolute Gasteiger partial charge is 0.297 e. The van der Waals surface area contributed by atoms with Gasteiger partial charge in [-0.3, -0.25) is 9.80 Å². The number of nitrogens with zero attached hydrogens (tertiary/aromatic N) is 2. The molecule has 0 aromatic heterocycles. The minimum atomic E-state index is 0.326. The van der Waals surface area contributed by atoms with Crippen LogP contribution in [-0.4, -0.2) is 36.0 Å². The molecule has 2 heteroatoms. The Kier molecular flexibility index (Phi) is 5.60. The van der Waals surface area contributed by atoms with Crippen LogP contribution in [0.15, 0.2) is 103 Å². The molecule has 0 radical (unpaired) electrons. The van der Waals surface area contributed by atoms with E-state index < -0.39 is 0 Å². The number of piperazine rings is 1. The quantitative estimate of drug-likeness (QED) is 0.427. The molecular formula is C28H28N2. The van der Waals surface area contributed by atoms with Crippen molar-refractivity contribution in [3.63, 3.8) is 0 Å². The highest BCUT2D eigenvalue weighted by Gasteiger charge is 2.26. The summed E-state index contributed by atoms with van der Waals surface area (Å²) in [5, 5.41) is 2.72. The Balaban J connectivity index is 1.33. The molecule has 1 saturated heterocycles. The second kappa shape index (κ2) is 8.83. The standard InChI is InChI=1S/C28H28N2/c1-3-11-24(12-4-1)28(25-13-5-2-6-14-25)30-20-18-29(19-21-30)22-26-16-9-15-23-10-7-8-17-27(23)26/h1-17,28H,18-22H2. The third-order valence-corrected chi connectivity index (χ3v) is 6.28. The first-order valence-corrected chi connectivity index (χ1v) is 10.9. The van der Waals surface area contributed by atoms with Crippen LogP contribution < -0.4 is 0 Å². The number of rotatable bonds is 5. The minimum absolute atomic E-state index is 0.326. The lowest BCUT2D eigenvalue weighted by molar-refractivity contribution is 0.105. The van der Waals surface area contributed by atoms with Crippen molar-refractivity contribution in [2.24, 2.45) is 0 Å². The number of hydrogen-bond donors (Lipinski definition) is 0. The van der Waals surface area contributed by atoms with Gasteiger partial charge in [0.2, 0.25) is 0 Å². The fraction of sp³-hybridized carbons (Fsp3) is 0.214. The average molecular weight is 393 g/mol. The summed E-state index contributed by atoms with van der Waals surface area (Å²) in [7, 11) is 0. The maximum Gasteiger partial charge on any atom is 0.0602 e. The Morgan fingerprint density at radius 3 is 1.80 bits per heavy atom. The van der Waals surface area contributed by atoms with Gasteiger partial charge in [-0.1, -0.05) is 103 Å². The van der Waals surface area contributed by atoms with Crippen molar-refractivity contribution in [2.75, 3.05) is 26.2 Å². The van der Waals surface area contributed by atoms with Gasteiger partial charge in [0, 0.05) is 32.7 Å². The van der Waals surface area contributed by atoms with E-state index in [0.29, 0.717) is 6.04 Å². The van der Waals surface area contributed by atoms with Crippen LogP contribution in [0.4, 0.5) is 0 Å². The van der Waals surface area contributed by atoms with E-state index in [1.54, 1.807) is 0 Å². The Hall–Kier alpha value is -2.94. The molecule has 2 nitrogen and oxygen atoms in total. The predicted molar refractivity (Wildman–Crippen MR) is 126 cm³/mol. The van der Waals surface area contributed by atoms with Gasteiger partial charge in [0.25, 0.3) is 0 Å². The molecule has 5 rings (SSSR count). The molecular weight excluding hydrogens is 364 g/mol. The molecule has 0 spiro atoms. The average Bonchev–Trinajstić information content (AvgIpc) is 2.82. The highest BCUT2D eigenvalue weighted by atomic mass is 15.3. The summed E-state index contributed by atoms with van der Waals surface area (Å²) in [5.74, 6) is 0. The van der Waals surface area contributed by atoms with Crippen molar-refractivity contribution in [2.45, 2.75) is 12.6 Å². The molecule has 150 valence electrons. The zero-order chi connectivity index (χ0) is 20.2. The predicted octanol–water partition coefficient (Wildman–Crippen LogP) is 5.75. The molecule has 30 heavy (non-hydrogen) atoms. The summed E-state index contributed by atoms with van der Waals surface area (Å²) < 4.78 is 0.